The molecule has 86 valence electrons. The molecule has 7 nitrogen and oxygen atoms in total. The van der Waals surface area contributed by atoms with E-state index in [0.717, 1.165) is 0 Å². The third kappa shape index (κ3) is 6.89. The van der Waals surface area contributed by atoms with Crippen LogP contribution in [0.5, 0.6) is 0 Å². The summed E-state index contributed by atoms with van der Waals surface area (Å²) in [5.41, 5.74) is 0. The summed E-state index contributed by atoms with van der Waals surface area (Å²) in [6.07, 6.45) is -5.88. The molecule has 6 N–H and O–H groups in total. The van der Waals surface area contributed by atoms with Gasteiger partial charge < -0.3 is 30.1 Å². The Hall–Kier alpha value is -0.570. The Kier molecular flexibility index (Phi) is 10.2. The van der Waals surface area contributed by atoms with Crippen LogP contribution in [0.3, 0.4) is 0 Å². The quantitative estimate of drug-likeness (QED) is 0.250. The minimum absolute atomic E-state index is 0.0935. The van der Waals surface area contributed by atoms with Crippen LogP contribution >= 0.6 is 0 Å². The van der Waals surface area contributed by atoms with Gasteiger partial charge in [-0.1, -0.05) is 0 Å². The van der Waals surface area contributed by atoms with E-state index in [1.54, 1.807) is 0 Å². The molecule has 0 radical (unpaired) electrons. The van der Waals surface area contributed by atoms with Crippen molar-refractivity contribution in [1.29, 1.82) is 0 Å². The summed E-state index contributed by atoms with van der Waals surface area (Å²) < 4.78 is 0. The molecule has 0 heterocycles. The smallest absolute Gasteiger partial charge is 0.151 e. The second-order valence-electron chi connectivity index (χ2n) is 2.58. The fourth-order valence-electron chi connectivity index (χ4n) is 0.568. The number of carbonyl (C=O) groups is 1. The summed E-state index contributed by atoms with van der Waals surface area (Å²) in [6.45, 7) is 1.24. The number of carbonyl (C=O) groups excluding carboxylic acids is 1. The standard InChI is InChI=1S/C6H12O5.CH5NO/c1-3(8)5(10)6(11)4(9)2-7;1-3-2/h2-6,8-11H,1H3;2H2,1H3/t3-,4-,5-,6-;/m0./s1. The molecule has 0 aliphatic carbocycles. The van der Waals surface area contributed by atoms with Gasteiger partial charge in [0.2, 0.25) is 0 Å². The minimum Gasteiger partial charge on any atom is -0.391 e. The lowest BCUT2D eigenvalue weighted by molar-refractivity contribution is -0.132. The van der Waals surface area contributed by atoms with Crippen LogP contribution in [-0.4, -0.2) is 58.2 Å². The Labute approximate surface area is 81.7 Å². The number of hydrogen-bond acceptors (Lipinski definition) is 7. The maximum Gasteiger partial charge on any atom is 0.151 e. The fraction of sp³-hybridized carbons (Fsp3) is 0.857. The summed E-state index contributed by atoms with van der Waals surface area (Å²) in [5.74, 6) is 4.35. The van der Waals surface area contributed by atoms with Crippen molar-refractivity contribution in [3.05, 3.63) is 0 Å². The van der Waals surface area contributed by atoms with E-state index in [2.05, 4.69) is 10.7 Å². The van der Waals surface area contributed by atoms with E-state index < -0.39 is 24.4 Å². The Bertz CT molecular complexity index is 142. The van der Waals surface area contributed by atoms with Gasteiger partial charge in [-0.2, -0.15) is 0 Å². The first-order chi connectivity index (χ1) is 6.42. The van der Waals surface area contributed by atoms with Crippen LogP contribution in [0, 0.1) is 0 Å². The molecule has 0 spiro atoms. The van der Waals surface area contributed by atoms with Gasteiger partial charge in [0.1, 0.15) is 18.3 Å². The normalized spacial score (nSPS) is 18.5. The summed E-state index contributed by atoms with van der Waals surface area (Å²) in [7, 11) is 1.40. The van der Waals surface area contributed by atoms with Gasteiger partial charge in [-0.15, -0.1) is 0 Å². The van der Waals surface area contributed by atoms with Crippen molar-refractivity contribution in [3.8, 4) is 0 Å². The molecule has 0 aliphatic rings. The molecule has 4 atom stereocenters. The average Bonchev–Trinajstić information content (AvgIpc) is 2.15. The second kappa shape index (κ2) is 9.00. The maximum atomic E-state index is 9.87. The van der Waals surface area contributed by atoms with Crippen LogP contribution in [0.2, 0.25) is 0 Å². The van der Waals surface area contributed by atoms with Crippen molar-refractivity contribution in [2.75, 3.05) is 7.11 Å². The number of aliphatic hydroxyl groups excluding tert-OH is 4. The lowest BCUT2D eigenvalue weighted by atomic mass is 10.1. The first kappa shape index (κ1) is 15.9. The minimum atomic E-state index is -1.65. The predicted octanol–water partition coefficient (Wildman–Crippen LogP) is -2.84. The van der Waals surface area contributed by atoms with Crippen molar-refractivity contribution < 1.29 is 30.1 Å². The number of aldehydes is 1. The summed E-state index contributed by atoms with van der Waals surface area (Å²) in [5, 5.41) is 35.1. The Morgan fingerprint density at radius 2 is 1.57 bits per heavy atom. The molecule has 0 saturated carbocycles. The monoisotopic (exact) mass is 211 g/mol. The van der Waals surface area contributed by atoms with Gasteiger partial charge in [0, 0.05) is 0 Å². The molecule has 7 heteroatoms. The average molecular weight is 211 g/mol. The van der Waals surface area contributed by atoms with Gasteiger partial charge in [-0.25, -0.2) is 5.90 Å². The first-order valence-corrected chi connectivity index (χ1v) is 3.82. The number of aliphatic hydroxyl groups is 4. The van der Waals surface area contributed by atoms with Crippen molar-refractivity contribution in [1.82, 2.24) is 0 Å². The molecule has 0 aromatic carbocycles. The molecule has 0 rings (SSSR count). The third-order valence-corrected chi connectivity index (χ3v) is 1.33. The molecule has 0 unspecified atom stereocenters. The van der Waals surface area contributed by atoms with Crippen LogP contribution < -0.4 is 5.90 Å². The molecular formula is C7H17NO6. The second-order valence-corrected chi connectivity index (χ2v) is 2.58. The maximum absolute atomic E-state index is 9.87. The molecule has 0 saturated heterocycles. The molecule has 0 amide bonds. The molecule has 0 bridgehead atoms. The zero-order valence-corrected chi connectivity index (χ0v) is 8.07. The molecule has 0 fully saturated rings. The van der Waals surface area contributed by atoms with Crippen molar-refractivity contribution in [2.45, 2.75) is 31.3 Å². The largest absolute Gasteiger partial charge is 0.391 e. The van der Waals surface area contributed by atoms with Crippen LogP contribution in [0.25, 0.3) is 0 Å². The lowest BCUT2D eigenvalue weighted by Crippen LogP contribution is -2.43. The Morgan fingerprint density at radius 3 is 1.79 bits per heavy atom. The third-order valence-electron chi connectivity index (χ3n) is 1.33. The van der Waals surface area contributed by atoms with E-state index in [1.165, 1.54) is 14.0 Å². The number of hydrogen-bond donors (Lipinski definition) is 5. The Balaban J connectivity index is 0. The predicted molar refractivity (Wildman–Crippen MR) is 47.0 cm³/mol. The highest BCUT2D eigenvalue weighted by Gasteiger charge is 2.27. The number of nitrogens with two attached hydrogens (primary N) is 1. The van der Waals surface area contributed by atoms with E-state index in [9.17, 15) is 4.79 Å². The van der Waals surface area contributed by atoms with Gasteiger partial charge >= 0.3 is 0 Å². The highest BCUT2D eigenvalue weighted by Crippen LogP contribution is 2.02. The molecule has 0 aromatic rings. The molecule has 0 aromatic heterocycles. The first-order valence-electron chi connectivity index (χ1n) is 3.82. The van der Waals surface area contributed by atoms with Gasteiger partial charge in [0.05, 0.1) is 13.2 Å². The van der Waals surface area contributed by atoms with Gasteiger partial charge in [-0.05, 0) is 6.92 Å². The fourth-order valence-corrected chi connectivity index (χ4v) is 0.568. The van der Waals surface area contributed by atoms with Crippen LogP contribution in [0.1, 0.15) is 6.92 Å². The van der Waals surface area contributed by atoms with Crippen molar-refractivity contribution in [3.63, 3.8) is 0 Å². The van der Waals surface area contributed by atoms with Crippen molar-refractivity contribution in [2.24, 2.45) is 5.90 Å². The van der Waals surface area contributed by atoms with Gasteiger partial charge in [0.25, 0.3) is 0 Å². The topological polar surface area (TPSA) is 133 Å². The zero-order valence-electron chi connectivity index (χ0n) is 8.07. The van der Waals surface area contributed by atoms with E-state index >= 15 is 0 Å². The SMILES string of the molecule is CON.C[C@H](O)[C@H](O)[C@@H](O)[C@@H](O)C=O. The van der Waals surface area contributed by atoms with E-state index in [-0.39, 0.29) is 6.29 Å². The summed E-state index contributed by atoms with van der Waals surface area (Å²) in [6, 6.07) is 0. The van der Waals surface area contributed by atoms with Crippen LogP contribution in [0.4, 0.5) is 0 Å². The van der Waals surface area contributed by atoms with Gasteiger partial charge in [-0.3, -0.25) is 0 Å². The van der Waals surface area contributed by atoms with E-state index in [0.29, 0.717) is 0 Å². The van der Waals surface area contributed by atoms with Crippen LogP contribution in [-0.2, 0) is 9.63 Å². The summed E-state index contributed by atoms with van der Waals surface area (Å²) >= 11 is 0. The molecule has 0 aliphatic heterocycles. The van der Waals surface area contributed by atoms with E-state index in [4.69, 9.17) is 20.4 Å². The highest BCUT2D eigenvalue weighted by atomic mass is 16.6. The lowest BCUT2D eigenvalue weighted by Gasteiger charge is -2.21. The highest BCUT2D eigenvalue weighted by molar-refractivity contribution is 5.56. The molecule has 14 heavy (non-hydrogen) atoms. The summed E-state index contributed by atoms with van der Waals surface area (Å²) in [4.78, 5) is 13.6. The van der Waals surface area contributed by atoms with Crippen molar-refractivity contribution >= 4 is 6.29 Å². The zero-order chi connectivity index (χ0) is 11.7. The molecular weight excluding hydrogens is 194 g/mol. The Morgan fingerprint density at radius 1 is 1.21 bits per heavy atom. The number of rotatable bonds is 4. The van der Waals surface area contributed by atoms with Gasteiger partial charge in [0.15, 0.2) is 6.29 Å². The van der Waals surface area contributed by atoms with Crippen LogP contribution in [0.15, 0.2) is 0 Å². The van der Waals surface area contributed by atoms with E-state index in [1.807, 2.05) is 0 Å².